The van der Waals surface area contributed by atoms with Crippen LogP contribution >= 0.6 is 0 Å². The molecule has 0 fully saturated rings. The molecule has 0 radical (unpaired) electrons. The van der Waals surface area contributed by atoms with Crippen LogP contribution in [0.25, 0.3) is 11.1 Å². The Kier molecular flexibility index (Phi) is 15.7. The molecule has 398 valence electrons. The maximum Gasteiger partial charge on any atom is 0.0423 e. The fourth-order valence-electron chi connectivity index (χ4n) is 13.8. The van der Waals surface area contributed by atoms with E-state index in [9.17, 15) is 0 Å². The van der Waals surface area contributed by atoms with E-state index in [0.717, 1.165) is 0 Å². The minimum atomic E-state index is -0.144. The van der Waals surface area contributed by atoms with Gasteiger partial charge in [0.05, 0.1) is 0 Å². The Balaban J connectivity index is 0.000000162. The van der Waals surface area contributed by atoms with Gasteiger partial charge in [-0.15, -0.1) is 0 Å². The first-order valence-corrected chi connectivity index (χ1v) is 28.9. The van der Waals surface area contributed by atoms with Gasteiger partial charge in [-0.05, 0) is 211 Å². The zero-order chi connectivity index (χ0) is 56.1. The summed E-state index contributed by atoms with van der Waals surface area (Å²) in [6.45, 7) is 41.4. The Morgan fingerprint density at radius 1 is 0.282 bits per heavy atom. The summed E-state index contributed by atoms with van der Waals surface area (Å²) < 4.78 is 0. The van der Waals surface area contributed by atoms with E-state index in [1.54, 1.807) is 0 Å². The Morgan fingerprint density at radius 2 is 0.487 bits per heavy atom. The standard InChI is InChI=1S/C40H48.C23H24.C15H14/c1-21-13-22(2)34-17-33(21)29(9)35-18-36(24(4)14-23(35)3)31(11)39-20-40(28(8)16-27(39)7)32(12)38-19-37(30(34)10)25(5)15-26(38)6;1-17-5-11-20(12-6-17)23(4,21-13-7-18(2)8-14-21)22-15-9-19(3)10-16-22;1-15(2)13-9-5-3-7-11(13)12-8-4-6-10-14(12)15/h13-20,29-32H,1-12H3;5-16H,1-4H3;3-10H,1-2H3. The highest BCUT2D eigenvalue weighted by Crippen LogP contribution is 2.48. The molecule has 0 saturated carbocycles. The van der Waals surface area contributed by atoms with Gasteiger partial charge in [0.2, 0.25) is 0 Å². The molecule has 0 aliphatic heterocycles. The highest BCUT2D eigenvalue weighted by atomic mass is 14.4. The van der Waals surface area contributed by atoms with Crippen LogP contribution in [0.1, 0.15) is 206 Å². The largest absolute Gasteiger partial charge is 0.0619 e. The fourth-order valence-corrected chi connectivity index (χ4v) is 13.8. The lowest BCUT2D eigenvalue weighted by atomic mass is 9.71. The third-order valence-electron chi connectivity index (χ3n) is 18.7. The molecule has 0 spiro atoms. The third-order valence-corrected chi connectivity index (χ3v) is 18.7. The minimum absolute atomic E-state index is 0.144. The average Bonchev–Trinajstić information content (AvgIpc) is 3.87. The zero-order valence-electron chi connectivity index (χ0n) is 50.5. The van der Waals surface area contributed by atoms with Gasteiger partial charge in [-0.25, -0.2) is 0 Å². The van der Waals surface area contributed by atoms with E-state index in [2.05, 4.69) is 294 Å². The van der Waals surface area contributed by atoms with E-state index >= 15 is 0 Å². The Bertz CT molecular complexity index is 3140. The van der Waals surface area contributed by atoms with Gasteiger partial charge < -0.3 is 0 Å². The van der Waals surface area contributed by atoms with Crippen LogP contribution in [0.3, 0.4) is 0 Å². The molecule has 0 atom stereocenters. The second-order valence-electron chi connectivity index (χ2n) is 24.6. The molecule has 9 aromatic carbocycles. The summed E-state index contributed by atoms with van der Waals surface area (Å²) in [5, 5.41) is 0. The van der Waals surface area contributed by atoms with Gasteiger partial charge in [-0.2, -0.15) is 0 Å². The molecule has 0 heteroatoms. The smallest absolute Gasteiger partial charge is 0.0423 e. The summed E-state index contributed by atoms with van der Waals surface area (Å²) in [6.07, 6.45) is 0. The molecule has 11 rings (SSSR count). The molecule has 0 heterocycles. The molecule has 0 saturated heterocycles. The van der Waals surface area contributed by atoms with Crippen LogP contribution in [0.4, 0.5) is 0 Å². The van der Waals surface area contributed by atoms with Crippen LogP contribution in [0, 0.1) is 76.2 Å². The maximum atomic E-state index is 2.54. The summed E-state index contributed by atoms with van der Waals surface area (Å²) >= 11 is 0. The van der Waals surface area contributed by atoms with E-state index in [1.807, 2.05) is 0 Å². The summed E-state index contributed by atoms with van der Waals surface area (Å²) in [7, 11) is 0. The predicted molar refractivity (Wildman–Crippen MR) is 337 cm³/mol. The number of hydrogen-bond donors (Lipinski definition) is 0. The molecule has 0 N–H and O–H groups in total. The normalized spacial score (nSPS) is 16.9. The molecule has 0 aromatic heterocycles. The van der Waals surface area contributed by atoms with Crippen LogP contribution in [-0.4, -0.2) is 0 Å². The summed E-state index contributed by atoms with van der Waals surface area (Å²) in [5.74, 6) is 1.32. The minimum Gasteiger partial charge on any atom is -0.0619 e. The van der Waals surface area contributed by atoms with Crippen LogP contribution < -0.4 is 0 Å². The van der Waals surface area contributed by atoms with Crippen molar-refractivity contribution in [3.63, 3.8) is 0 Å². The number of hydrogen-bond acceptors (Lipinski definition) is 0. The van der Waals surface area contributed by atoms with Crippen molar-refractivity contribution in [3.05, 3.63) is 303 Å². The fraction of sp³-hybridized carbons (Fsp3) is 0.308. The van der Waals surface area contributed by atoms with Crippen molar-refractivity contribution in [1.29, 1.82) is 0 Å². The van der Waals surface area contributed by atoms with E-state index < -0.39 is 0 Å². The molecular formula is C78H86. The Labute approximate surface area is 471 Å². The van der Waals surface area contributed by atoms with Crippen molar-refractivity contribution in [2.24, 2.45) is 0 Å². The number of fused-ring (bicyclic) bond motifs is 11. The molecule has 78 heavy (non-hydrogen) atoms. The van der Waals surface area contributed by atoms with E-state index in [-0.39, 0.29) is 10.8 Å². The van der Waals surface area contributed by atoms with Crippen LogP contribution in [0.5, 0.6) is 0 Å². The van der Waals surface area contributed by atoms with Gasteiger partial charge in [-0.3, -0.25) is 0 Å². The summed E-state index contributed by atoms with van der Waals surface area (Å²) in [6, 6.07) is 64.1. The topological polar surface area (TPSA) is 0 Å². The van der Waals surface area contributed by atoms with Crippen molar-refractivity contribution in [1.82, 2.24) is 0 Å². The second kappa shape index (κ2) is 22.0. The average molecular weight is 1020 g/mol. The quantitative estimate of drug-likeness (QED) is 0.155. The summed E-state index contributed by atoms with van der Waals surface area (Å²) in [4.78, 5) is 0. The first-order valence-electron chi connectivity index (χ1n) is 28.9. The summed E-state index contributed by atoms with van der Waals surface area (Å²) in [5.41, 5.74) is 36.4. The van der Waals surface area contributed by atoms with Gasteiger partial charge in [0.1, 0.15) is 0 Å². The molecule has 0 unspecified atom stereocenters. The Hall–Kier alpha value is -7.02. The van der Waals surface area contributed by atoms with Crippen molar-refractivity contribution in [3.8, 4) is 11.1 Å². The lowest BCUT2D eigenvalue weighted by Crippen LogP contribution is -2.25. The van der Waals surface area contributed by atoms with E-state index in [0.29, 0.717) is 23.7 Å². The predicted octanol–water partition coefficient (Wildman–Crippen LogP) is 21.0. The lowest BCUT2D eigenvalue weighted by molar-refractivity contribution is 0.660. The van der Waals surface area contributed by atoms with Crippen molar-refractivity contribution in [2.45, 2.75) is 159 Å². The van der Waals surface area contributed by atoms with Crippen LogP contribution in [0.2, 0.25) is 0 Å². The first kappa shape index (κ1) is 55.7. The van der Waals surface area contributed by atoms with E-state index in [1.165, 1.54) is 145 Å². The van der Waals surface area contributed by atoms with Gasteiger partial charge in [0.15, 0.2) is 0 Å². The second-order valence-corrected chi connectivity index (χ2v) is 24.6. The highest BCUT2D eigenvalue weighted by molar-refractivity contribution is 5.80. The van der Waals surface area contributed by atoms with Crippen molar-refractivity contribution < 1.29 is 0 Å². The van der Waals surface area contributed by atoms with E-state index in [4.69, 9.17) is 0 Å². The third kappa shape index (κ3) is 10.4. The highest BCUT2D eigenvalue weighted by Gasteiger charge is 2.35. The number of rotatable bonds is 3. The molecule has 9 aromatic rings. The molecule has 2 aliphatic rings. The number of aryl methyl sites for hydroxylation is 11. The molecular weight excluding hydrogens is 937 g/mol. The van der Waals surface area contributed by atoms with Gasteiger partial charge in [0.25, 0.3) is 0 Å². The molecule has 2 aliphatic carbocycles. The molecule has 0 nitrogen and oxygen atoms in total. The van der Waals surface area contributed by atoms with Gasteiger partial charge in [0, 0.05) is 34.5 Å². The maximum absolute atomic E-state index is 2.54. The SMILES string of the molecule is CC1(C)c2ccccc2-c2ccccc21.Cc1cc(C)c2cc1C(C)c1cc(c(C)cc1C)C(C)c1cc(c(C)cc1C)C(C)c1cc(c(C)cc1C)C2C.Cc1ccc(C(C)(c2ccc(C)cc2)c2ccc(C)cc2)cc1. The monoisotopic (exact) mass is 1020 g/mol. The van der Waals surface area contributed by atoms with Crippen LogP contribution in [-0.2, 0) is 10.8 Å². The zero-order valence-corrected chi connectivity index (χ0v) is 50.5. The van der Waals surface area contributed by atoms with Crippen molar-refractivity contribution in [2.75, 3.05) is 0 Å². The van der Waals surface area contributed by atoms with Crippen molar-refractivity contribution >= 4 is 0 Å². The molecule has 8 bridgehead atoms. The number of benzene rings is 9. The van der Waals surface area contributed by atoms with Gasteiger partial charge in [-0.1, -0.05) is 228 Å². The Morgan fingerprint density at radius 3 is 0.705 bits per heavy atom. The van der Waals surface area contributed by atoms with Gasteiger partial charge >= 0.3 is 0 Å². The lowest BCUT2D eigenvalue weighted by Gasteiger charge is -2.32. The van der Waals surface area contributed by atoms with Crippen LogP contribution in [0.15, 0.2) is 170 Å². The first-order chi connectivity index (χ1) is 37.0. The molecule has 0 amide bonds.